The van der Waals surface area contributed by atoms with Crippen LogP contribution in [0.5, 0.6) is 17.2 Å². The van der Waals surface area contributed by atoms with E-state index in [2.05, 4.69) is 20.6 Å². The number of ether oxygens (including phenoxy) is 3. The van der Waals surface area contributed by atoms with E-state index in [1.165, 1.54) is 13.4 Å². The fourth-order valence-corrected chi connectivity index (χ4v) is 2.46. The zero-order valence-electron chi connectivity index (χ0n) is 15.7. The van der Waals surface area contributed by atoms with Crippen molar-refractivity contribution in [3.8, 4) is 17.2 Å². The maximum absolute atomic E-state index is 12.6. The molecule has 0 aliphatic heterocycles. The van der Waals surface area contributed by atoms with Crippen LogP contribution in [0.1, 0.15) is 10.5 Å². The molecule has 0 aliphatic rings. The number of nitrogens with zero attached hydrogens (tertiary/aromatic N) is 2. The molecule has 0 aliphatic carbocycles. The van der Waals surface area contributed by atoms with Gasteiger partial charge in [-0.25, -0.2) is 9.97 Å². The highest BCUT2D eigenvalue weighted by atomic mass is 16.5. The second kappa shape index (κ2) is 8.72. The quantitative estimate of drug-likeness (QED) is 0.648. The number of aromatic nitrogens is 2. The van der Waals surface area contributed by atoms with Gasteiger partial charge in [0.2, 0.25) is 0 Å². The summed E-state index contributed by atoms with van der Waals surface area (Å²) in [5.74, 6) is 1.97. The normalized spacial score (nSPS) is 10.1. The highest BCUT2D eigenvalue weighted by Crippen LogP contribution is 2.29. The first-order valence-electron chi connectivity index (χ1n) is 8.39. The third-order valence-corrected chi connectivity index (χ3v) is 3.92. The highest BCUT2D eigenvalue weighted by Gasteiger charge is 2.13. The SMILES string of the molecule is COc1ccc(Nc2cc(C(=O)Nc3ccc(OC)cc3OC)ncn2)cc1. The number of hydrogen-bond acceptors (Lipinski definition) is 7. The summed E-state index contributed by atoms with van der Waals surface area (Å²) in [7, 11) is 4.69. The molecule has 8 nitrogen and oxygen atoms in total. The lowest BCUT2D eigenvalue weighted by atomic mass is 10.2. The number of nitrogens with one attached hydrogen (secondary N) is 2. The van der Waals surface area contributed by atoms with Crippen LogP contribution in [0.3, 0.4) is 0 Å². The van der Waals surface area contributed by atoms with Crippen molar-refractivity contribution in [3.05, 3.63) is 60.6 Å². The van der Waals surface area contributed by atoms with Gasteiger partial charge in [0.05, 0.1) is 27.0 Å². The zero-order chi connectivity index (χ0) is 19.9. The molecule has 0 radical (unpaired) electrons. The number of carbonyl (C=O) groups is 1. The number of hydrogen-bond donors (Lipinski definition) is 2. The summed E-state index contributed by atoms with van der Waals surface area (Å²) >= 11 is 0. The number of anilines is 3. The van der Waals surface area contributed by atoms with Gasteiger partial charge >= 0.3 is 0 Å². The van der Waals surface area contributed by atoms with E-state index < -0.39 is 0 Å². The molecule has 0 bridgehead atoms. The van der Waals surface area contributed by atoms with Crippen LogP contribution >= 0.6 is 0 Å². The first-order valence-corrected chi connectivity index (χ1v) is 8.39. The van der Waals surface area contributed by atoms with E-state index in [1.807, 2.05) is 24.3 Å². The van der Waals surface area contributed by atoms with Gasteiger partial charge in [0, 0.05) is 17.8 Å². The lowest BCUT2D eigenvalue weighted by molar-refractivity contribution is 0.102. The van der Waals surface area contributed by atoms with Crippen molar-refractivity contribution in [2.45, 2.75) is 0 Å². The van der Waals surface area contributed by atoms with Gasteiger partial charge in [0.25, 0.3) is 5.91 Å². The maximum Gasteiger partial charge on any atom is 0.274 e. The summed E-state index contributed by atoms with van der Waals surface area (Å²) in [6, 6.07) is 14.0. The lowest BCUT2D eigenvalue weighted by Gasteiger charge is -2.12. The van der Waals surface area contributed by atoms with Gasteiger partial charge in [-0.3, -0.25) is 4.79 Å². The Morgan fingerprint density at radius 2 is 1.57 bits per heavy atom. The number of rotatable bonds is 7. The molecule has 8 heteroatoms. The van der Waals surface area contributed by atoms with Crippen LogP contribution in [0.2, 0.25) is 0 Å². The van der Waals surface area contributed by atoms with Crippen molar-refractivity contribution in [1.29, 1.82) is 0 Å². The third kappa shape index (κ3) is 4.47. The molecule has 0 fully saturated rings. The minimum atomic E-state index is -0.386. The Hall–Kier alpha value is -3.81. The molecule has 3 rings (SSSR count). The molecule has 1 amide bonds. The summed E-state index contributed by atoms with van der Waals surface area (Å²) in [6.07, 6.45) is 1.33. The monoisotopic (exact) mass is 380 g/mol. The van der Waals surface area contributed by atoms with Crippen molar-refractivity contribution >= 4 is 23.1 Å². The zero-order valence-corrected chi connectivity index (χ0v) is 15.7. The van der Waals surface area contributed by atoms with Crippen molar-refractivity contribution in [1.82, 2.24) is 9.97 Å². The molecule has 1 aromatic heterocycles. The molecule has 0 saturated carbocycles. The van der Waals surface area contributed by atoms with Crippen LogP contribution < -0.4 is 24.8 Å². The Morgan fingerprint density at radius 3 is 2.25 bits per heavy atom. The Bertz CT molecular complexity index is 961. The molecule has 0 saturated heterocycles. The lowest BCUT2D eigenvalue weighted by Crippen LogP contribution is -2.15. The predicted molar refractivity (Wildman–Crippen MR) is 106 cm³/mol. The number of benzene rings is 2. The van der Waals surface area contributed by atoms with Gasteiger partial charge < -0.3 is 24.8 Å². The first-order chi connectivity index (χ1) is 13.6. The molecule has 0 unspecified atom stereocenters. The first kappa shape index (κ1) is 19.0. The summed E-state index contributed by atoms with van der Waals surface area (Å²) in [5.41, 5.74) is 1.53. The summed E-state index contributed by atoms with van der Waals surface area (Å²) in [6.45, 7) is 0. The standard InChI is InChI=1S/C20H20N4O4/c1-26-14-6-4-13(5-7-14)23-19-11-17(21-12-22-19)20(25)24-16-9-8-15(27-2)10-18(16)28-3/h4-12H,1-3H3,(H,24,25)(H,21,22,23). The summed E-state index contributed by atoms with van der Waals surface area (Å²) in [5, 5.41) is 5.91. The molecule has 0 atom stereocenters. The summed E-state index contributed by atoms with van der Waals surface area (Å²) < 4.78 is 15.6. The van der Waals surface area contributed by atoms with E-state index in [0.29, 0.717) is 23.0 Å². The fourth-order valence-electron chi connectivity index (χ4n) is 2.46. The van der Waals surface area contributed by atoms with Crippen LogP contribution in [0.4, 0.5) is 17.2 Å². The topological polar surface area (TPSA) is 94.6 Å². The molecule has 144 valence electrons. The summed E-state index contributed by atoms with van der Waals surface area (Å²) in [4.78, 5) is 20.8. The van der Waals surface area contributed by atoms with Crippen molar-refractivity contribution in [2.24, 2.45) is 0 Å². The third-order valence-electron chi connectivity index (χ3n) is 3.92. The molecule has 0 spiro atoms. The minimum Gasteiger partial charge on any atom is -0.497 e. The van der Waals surface area contributed by atoms with Gasteiger partial charge in [0.15, 0.2) is 0 Å². The van der Waals surface area contributed by atoms with Gasteiger partial charge in [-0.05, 0) is 36.4 Å². The van der Waals surface area contributed by atoms with Crippen LogP contribution in [-0.4, -0.2) is 37.2 Å². The molecule has 2 N–H and O–H groups in total. The number of methoxy groups -OCH3 is 3. The van der Waals surface area contributed by atoms with E-state index in [-0.39, 0.29) is 11.6 Å². The minimum absolute atomic E-state index is 0.212. The fraction of sp³-hybridized carbons (Fsp3) is 0.150. The van der Waals surface area contributed by atoms with Crippen LogP contribution in [0.25, 0.3) is 0 Å². The van der Waals surface area contributed by atoms with Gasteiger partial charge in [-0.2, -0.15) is 0 Å². The van der Waals surface area contributed by atoms with Crippen LogP contribution in [0, 0.1) is 0 Å². The van der Waals surface area contributed by atoms with Gasteiger partial charge in [0.1, 0.15) is 35.1 Å². The van der Waals surface area contributed by atoms with Crippen LogP contribution in [0.15, 0.2) is 54.9 Å². The van der Waals surface area contributed by atoms with E-state index in [0.717, 1.165) is 11.4 Å². The van der Waals surface area contributed by atoms with Crippen molar-refractivity contribution in [3.63, 3.8) is 0 Å². The van der Waals surface area contributed by atoms with E-state index in [4.69, 9.17) is 14.2 Å². The molecule has 28 heavy (non-hydrogen) atoms. The van der Waals surface area contributed by atoms with Crippen LogP contribution in [-0.2, 0) is 0 Å². The Balaban J connectivity index is 1.75. The molecule has 3 aromatic rings. The Labute approximate surface area is 162 Å². The highest BCUT2D eigenvalue weighted by molar-refractivity contribution is 6.04. The van der Waals surface area contributed by atoms with E-state index in [1.54, 1.807) is 38.5 Å². The average molecular weight is 380 g/mol. The molecular formula is C20H20N4O4. The van der Waals surface area contributed by atoms with E-state index in [9.17, 15) is 4.79 Å². The maximum atomic E-state index is 12.6. The van der Waals surface area contributed by atoms with Gasteiger partial charge in [-0.1, -0.05) is 0 Å². The number of amides is 1. The predicted octanol–water partition coefficient (Wildman–Crippen LogP) is 3.50. The van der Waals surface area contributed by atoms with Crippen molar-refractivity contribution in [2.75, 3.05) is 32.0 Å². The van der Waals surface area contributed by atoms with Crippen molar-refractivity contribution < 1.29 is 19.0 Å². The average Bonchev–Trinajstić information content (AvgIpc) is 2.74. The second-order valence-corrected chi connectivity index (χ2v) is 5.66. The molecular weight excluding hydrogens is 360 g/mol. The van der Waals surface area contributed by atoms with Gasteiger partial charge in [-0.15, -0.1) is 0 Å². The Morgan fingerprint density at radius 1 is 0.857 bits per heavy atom. The number of carbonyl (C=O) groups excluding carboxylic acids is 1. The largest absolute Gasteiger partial charge is 0.497 e. The second-order valence-electron chi connectivity index (χ2n) is 5.66. The smallest absolute Gasteiger partial charge is 0.274 e. The molecule has 1 heterocycles. The van der Waals surface area contributed by atoms with E-state index >= 15 is 0 Å². The Kier molecular flexibility index (Phi) is 5.91. The molecule has 2 aromatic carbocycles.